The van der Waals surface area contributed by atoms with E-state index in [2.05, 4.69) is 10.3 Å². The van der Waals surface area contributed by atoms with Crippen LogP contribution in [0.1, 0.15) is 0 Å². The molecule has 0 radical (unpaired) electrons. The fraction of sp³-hybridized carbons (Fsp3) is 0. The van der Waals surface area contributed by atoms with E-state index in [0.29, 0.717) is 5.82 Å². The van der Waals surface area contributed by atoms with Gasteiger partial charge >= 0.3 is 0 Å². The fourth-order valence-electron chi connectivity index (χ4n) is 1.19. The lowest BCUT2D eigenvalue weighted by Crippen LogP contribution is -1.96. The second-order valence-electron chi connectivity index (χ2n) is 2.94. The first kappa shape index (κ1) is 11.3. The van der Waals surface area contributed by atoms with Crippen LogP contribution in [0.25, 0.3) is 0 Å². The molecule has 4 heteroatoms. The minimum Gasteiger partial charge on any atom is -0.384 e. The Bertz CT molecular complexity index is 417. The van der Waals surface area contributed by atoms with Crippen LogP contribution < -0.4 is 11.1 Å². The van der Waals surface area contributed by atoms with E-state index < -0.39 is 0 Å². The third-order valence-corrected chi connectivity index (χ3v) is 1.82. The number of nitrogen functional groups attached to an aromatic ring is 1. The van der Waals surface area contributed by atoms with Crippen LogP contribution in [0, 0.1) is 0 Å². The number of para-hydroxylation sites is 1. The van der Waals surface area contributed by atoms with E-state index in [1.54, 1.807) is 6.07 Å². The summed E-state index contributed by atoms with van der Waals surface area (Å²) in [4.78, 5) is 4.14. The van der Waals surface area contributed by atoms with Crippen molar-refractivity contribution >= 4 is 29.7 Å². The van der Waals surface area contributed by atoms with Gasteiger partial charge in [0.05, 0.1) is 0 Å². The molecule has 2 aromatic rings. The third kappa shape index (κ3) is 3.14. The van der Waals surface area contributed by atoms with E-state index in [1.165, 1.54) is 0 Å². The summed E-state index contributed by atoms with van der Waals surface area (Å²) in [6.45, 7) is 0. The van der Waals surface area contributed by atoms with E-state index in [9.17, 15) is 0 Å². The third-order valence-electron chi connectivity index (χ3n) is 1.82. The second kappa shape index (κ2) is 5.22. The Balaban J connectivity index is 0.00000112. The molecule has 0 unspecified atom stereocenters. The summed E-state index contributed by atoms with van der Waals surface area (Å²) in [7, 11) is 0. The number of pyridine rings is 1. The number of hydrogen-bond acceptors (Lipinski definition) is 3. The van der Waals surface area contributed by atoms with E-state index in [0.717, 1.165) is 11.5 Å². The smallest absolute Gasteiger partial charge is 0.132 e. The maximum atomic E-state index is 5.56. The van der Waals surface area contributed by atoms with Gasteiger partial charge in [0.2, 0.25) is 0 Å². The van der Waals surface area contributed by atoms with Crippen molar-refractivity contribution in [2.45, 2.75) is 0 Å². The molecule has 1 aromatic carbocycles. The molecule has 0 amide bonds. The minimum atomic E-state index is 0. The molecule has 0 fully saturated rings. The highest BCUT2D eigenvalue weighted by Gasteiger charge is 1.94. The average Bonchev–Trinajstić information content (AvgIpc) is 2.19. The largest absolute Gasteiger partial charge is 0.384 e. The summed E-state index contributed by atoms with van der Waals surface area (Å²) in [6, 6.07) is 15.4. The fourth-order valence-corrected chi connectivity index (χ4v) is 1.19. The maximum absolute atomic E-state index is 5.56. The number of hydrogen-bond donors (Lipinski definition) is 2. The van der Waals surface area contributed by atoms with Crippen molar-refractivity contribution < 1.29 is 0 Å². The molecule has 1 aromatic heterocycles. The number of halogens is 1. The van der Waals surface area contributed by atoms with Gasteiger partial charge in [0.1, 0.15) is 11.6 Å². The van der Waals surface area contributed by atoms with Crippen molar-refractivity contribution in [2.24, 2.45) is 0 Å². The van der Waals surface area contributed by atoms with Gasteiger partial charge in [-0.2, -0.15) is 0 Å². The Hall–Kier alpha value is -1.74. The molecular formula is C11H12ClN3. The molecule has 2 rings (SSSR count). The van der Waals surface area contributed by atoms with Gasteiger partial charge in [-0.1, -0.05) is 24.3 Å². The number of nitrogens with one attached hydrogen (secondary N) is 1. The molecule has 15 heavy (non-hydrogen) atoms. The van der Waals surface area contributed by atoms with Crippen LogP contribution in [0.2, 0.25) is 0 Å². The molecule has 78 valence electrons. The summed E-state index contributed by atoms with van der Waals surface area (Å²) in [5, 5.41) is 3.15. The average molecular weight is 222 g/mol. The van der Waals surface area contributed by atoms with E-state index in [1.807, 2.05) is 42.5 Å². The molecule has 0 atom stereocenters. The van der Waals surface area contributed by atoms with Crippen LogP contribution in [-0.4, -0.2) is 4.98 Å². The van der Waals surface area contributed by atoms with Crippen LogP contribution in [0.5, 0.6) is 0 Å². The van der Waals surface area contributed by atoms with Crippen molar-refractivity contribution in [3.05, 3.63) is 48.5 Å². The number of aromatic nitrogens is 1. The minimum absolute atomic E-state index is 0. The lowest BCUT2D eigenvalue weighted by atomic mass is 10.3. The standard InChI is InChI=1S/C11H11N3.ClH/c12-10-7-4-8-11(14-10)13-9-5-2-1-3-6-9;/h1-8H,(H3,12,13,14);1H. The number of benzene rings is 1. The molecule has 0 saturated carbocycles. The first-order valence-electron chi connectivity index (χ1n) is 4.39. The highest BCUT2D eigenvalue weighted by Crippen LogP contribution is 2.14. The molecule has 0 aliphatic carbocycles. The second-order valence-corrected chi connectivity index (χ2v) is 2.94. The SMILES string of the molecule is Cl.Nc1cccc(Nc2ccccc2)n1. The van der Waals surface area contributed by atoms with Gasteiger partial charge in [-0.25, -0.2) is 4.98 Å². The van der Waals surface area contributed by atoms with E-state index in [-0.39, 0.29) is 12.4 Å². The topological polar surface area (TPSA) is 50.9 Å². The first-order valence-corrected chi connectivity index (χ1v) is 4.39. The summed E-state index contributed by atoms with van der Waals surface area (Å²) < 4.78 is 0. The van der Waals surface area contributed by atoms with Crippen molar-refractivity contribution in [2.75, 3.05) is 11.1 Å². The van der Waals surface area contributed by atoms with Crippen molar-refractivity contribution in [3.8, 4) is 0 Å². The Morgan fingerprint density at radius 3 is 2.33 bits per heavy atom. The van der Waals surface area contributed by atoms with Gasteiger partial charge in [0.25, 0.3) is 0 Å². The van der Waals surface area contributed by atoms with Crippen LogP contribution in [0.15, 0.2) is 48.5 Å². The predicted octanol–water partition coefficient (Wildman–Crippen LogP) is 2.83. The number of nitrogens with two attached hydrogens (primary N) is 1. The Morgan fingerprint density at radius 2 is 1.67 bits per heavy atom. The molecule has 3 nitrogen and oxygen atoms in total. The zero-order valence-corrected chi connectivity index (χ0v) is 8.87. The van der Waals surface area contributed by atoms with E-state index in [4.69, 9.17) is 5.73 Å². The predicted molar refractivity (Wildman–Crippen MR) is 65.6 cm³/mol. The highest BCUT2D eigenvalue weighted by molar-refractivity contribution is 5.85. The van der Waals surface area contributed by atoms with Crippen molar-refractivity contribution in [1.29, 1.82) is 0 Å². The van der Waals surface area contributed by atoms with Crippen LogP contribution in [-0.2, 0) is 0 Å². The lowest BCUT2D eigenvalue weighted by Gasteiger charge is -2.04. The molecule has 0 saturated heterocycles. The lowest BCUT2D eigenvalue weighted by molar-refractivity contribution is 1.32. The molecule has 1 heterocycles. The van der Waals surface area contributed by atoms with Crippen LogP contribution >= 0.6 is 12.4 Å². The molecule has 0 bridgehead atoms. The summed E-state index contributed by atoms with van der Waals surface area (Å²) in [5.41, 5.74) is 6.57. The molecular weight excluding hydrogens is 210 g/mol. The van der Waals surface area contributed by atoms with Gasteiger partial charge < -0.3 is 11.1 Å². The normalized spacial score (nSPS) is 9.07. The van der Waals surface area contributed by atoms with Gasteiger partial charge in [0, 0.05) is 5.69 Å². The van der Waals surface area contributed by atoms with E-state index >= 15 is 0 Å². The number of rotatable bonds is 2. The first-order chi connectivity index (χ1) is 6.84. The van der Waals surface area contributed by atoms with Crippen LogP contribution in [0.3, 0.4) is 0 Å². The number of anilines is 3. The Labute approximate surface area is 94.8 Å². The summed E-state index contributed by atoms with van der Waals surface area (Å²) in [5.74, 6) is 1.28. The molecule has 0 spiro atoms. The van der Waals surface area contributed by atoms with Gasteiger partial charge in [0.15, 0.2) is 0 Å². The quantitative estimate of drug-likeness (QED) is 0.820. The van der Waals surface area contributed by atoms with Crippen molar-refractivity contribution in [1.82, 2.24) is 4.98 Å². The van der Waals surface area contributed by atoms with Gasteiger partial charge in [-0.05, 0) is 24.3 Å². The zero-order valence-electron chi connectivity index (χ0n) is 8.05. The van der Waals surface area contributed by atoms with Crippen LogP contribution in [0.4, 0.5) is 17.3 Å². The molecule has 3 N–H and O–H groups in total. The van der Waals surface area contributed by atoms with Gasteiger partial charge in [-0.3, -0.25) is 0 Å². The number of nitrogens with zero attached hydrogens (tertiary/aromatic N) is 1. The van der Waals surface area contributed by atoms with Crippen molar-refractivity contribution in [3.63, 3.8) is 0 Å². The monoisotopic (exact) mass is 221 g/mol. The summed E-state index contributed by atoms with van der Waals surface area (Å²) in [6.07, 6.45) is 0. The zero-order chi connectivity index (χ0) is 9.80. The maximum Gasteiger partial charge on any atom is 0.132 e. The molecule has 0 aliphatic rings. The molecule has 0 aliphatic heterocycles. The summed E-state index contributed by atoms with van der Waals surface area (Å²) >= 11 is 0. The Morgan fingerprint density at radius 1 is 0.933 bits per heavy atom. The Kier molecular flexibility index (Phi) is 3.94. The van der Waals surface area contributed by atoms with Gasteiger partial charge in [-0.15, -0.1) is 12.4 Å². The highest BCUT2D eigenvalue weighted by atomic mass is 35.5.